The third-order valence-electron chi connectivity index (χ3n) is 8.13. The molecule has 1 aliphatic heterocycles. The van der Waals surface area contributed by atoms with Gasteiger partial charge in [-0.15, -0.1) is 0 Å². The van der Waals surface area contributed by atoms with E-state index in [0.717, 1.165) is 17.4 Å². The minimum Gasteiger partial charge on any atom is -0.363 e. The fourth-order valence-electron chi connectivity index (χ4n) is 5.07. The molecule has 1 saturated carbocycles. The van der Waals surface area contributed by atoms with Crippen molar-refractivity contribution in [1.82, 2.24) is 26.2 Å². The highest BCUT2D eigenvalue weighted by Gasteiger charge is 2.45. The standard InChI is InChI=1S/C27H41N7O6.C5H10.C4H10/c1-15(20(36)22(29)37)31-23(38)19-17(28)12-13-34(19)24(39)21(26(2,3)4)32-25(40)30-14-18(35)33-27(5,6)16-10-8-7-9-11-16;1-5-3-2-4-5;1-4(2)3/h7-11,15,17,19,21H,12-14,28H2,1-6H3,(H2,29,37)(H,31,38)(H,33,35)(H2,30,32,40);5H,2-4H2,1H3;4H,1-3H3. The maximum absolute atomic E-state index is 13.6. The quantitative estimate of drug-likeness (QED) is 0.203. The van der Waals surface area contributed by atoms with Crippen molar-refractivity contribution in [2.24, 2.45) is 28.7 Å². The number of ketones is 1. The first-order valence-corrected chi connectivity index (χ1v) is 17.2. The van der Waals surface area contributed by atoms with Crippen LogP contribution in [0.15, 0.2) is 30.3 Å². The number of amides is 6. The molecule has 0 radical (unpaired) electrons. The first kappa shape index (κ1) is 43.0. The summed E-state index contributed by atoms with van der Waals surface area (Å²) in [5.74, 6) is -1.98. The lowest BCUT2D eigenvalue weighted by Crippen LogP contribution is -2.62. The molecule has 2 fully saturated rings. The third kappa shape index (κ3) is 14.6. The van der Waals surface area contributed by atoms with Gasteiger partial charge in [-0.25, -0.2) is 4.79 Å². The normalized spacial score (nSPS) is 18.7. The van der Waals surface area contributed by atoms with Crippen molar-refractivity contribution in [3.05, 3.63) is 35.9 Å². The van der Waals surface area contributed by atoms with Crippen LogP contribution in [0.5, 0.6) is 0 Å². The van der Waals surface area contributed by atoms with Crippen molar-refractivity contribution in [2.45, 2.75) is 125 Å². The lowest BCUT2D eigenvalue weighted by molar-refractivity contribution is -0.143. The smallest absolute Gasteiger partial charge is 0.315 e. The molecule has 4 unspecified atom stereocenters. The van der Waals surface area contributed by atoms with E-state index in [9.17, 15) is 28.8 Å². The molecule has 0 bridgehead atoms. The minimum absolute atomic E-state index is 0.142. The molecule has 13 nitrogen and oxygen atoms in total. The summed E-state index contributed by atoms with van der Waals surface area (Å²) >= 11 is 0. The van der Waals surface area contributed by atoms with Crippen LogP contribution in [0.2, 0.25) is 0 Å². The Labute approximate surface area is 292 Å². The number of rotatable bonds is 10. The van der Waals surface area contributed by atoms with Crippen LogP contribution in [-0.2, 0) is 29.5 Å². The number of urea groups is 1. The second-order valence-electron chi connectivity index (χ2n) is 15.3. The van der Waals surface area contributed by atoms with E-state index in [2.05, 4.69) is 49.0 Å². The molecule has 1 aromatic carbocycles. The number of likely N-dealkylation sites (tertiary alicyclic amines) is 1. The summed E-state index contributed by atoms with van der Waals surface area (Å²) in [4.78, 5) is 76.2. The molecule has 1 aromatic rings. The molecule has 49 heavy (non-hydrogen) atoms. The molecule has 1 aliphatic carbocycles. The number of Topliss-reactive ketones (excluding diaryl/α,β-unsaturated/α-hetero) is 1. The number of nitrogens with zero attached hydrogens (tertiary/aromatic N) is 1. The number of carbonyl (C=O) groups excluding carboxylic acids is 6. The van der Waals surface area contributed by atoms with E-state index in [1.807, 2.05) is 44.2 Å². The molecule has 0 spiro atoms. The van der Waals surface area contributed by atoms with Crippen LogP contribution < -0.4 is 32.7 Å². The van der Waals surface area contributed by atoms with Crippen LogP contribution in [0.3, 0.4) is 0 Å². The lowest BCUT2D eigenvalue weighted by atomic mass is 9.85. The van der Waals surface area contributed by atoms with E-state index in [1.54, 1.807) is 20.8 Å². The maximum Gasteiger partial charge on any atom is 0.315 e. The summed E-state index contributed by atoms with van der Waals surface area (Å²) in [6.07, 6.45) is 4.77. The number of carbonyl (C=O) groups is 6. The summed E-state index contributed by atoms with van der Waals surface area (Å²) < 4.78 is 0. The monoisotopic (exact) mass is 687 g/mol. The predicted octanol–water partition coefficient (Wildman–Crippen LogP) is 2.71. The van der Waals surface area contributed by atoms with Crippen molar-refractivity contribution in [3.8, 4) is 0 Å². The Bertz CT molecular complexity index is 1270. The van der Waals surface area contributed by atoms with E-state index in [4.69, 9.17) is 11.5 Å². The first-order valence-electron chi connectivity index (χ1n) is 17.2. The second-order valence-corrected chi connectivity index (χ2v) is 15.3. The zero-order chi connectivity index (χ0) is 37.7. The Balaban J connectivity index is 0.00000116. The number of primary amides is 1. The zero-order valence-electron chi connectivity index (χ0n) is 31.1. The van der Waals surface area contributed by atoms with E-state index in [-0.39, 0.29) is 13.1 Å². The molecule has 0 aromatic heterocycles. The summed E-state index contributed by atoms with van der Waals surface area (Å²) in [6, 6.07) is 4.48. The summed E-state index contributed by atoms with van der Waals surface area (Å²) in [5, 5.41) is 10.4. The Hall–Kier alpha value is -4.00. The Morgan fingerprint density at radius 3 is 1.88 bits per heavy atom. The zero-order valence-corrected chi connectivity index (χ0v) is 31.1. The van der Waals surface area contributed by atoms with Gasteiger partial charge in [0.05, 0.1) is 18.1 Å². The summed E-state index contributed by atoms with van der Waals surface area (Å²) in [5.41, 5.74) is 10.6. The van der Waals surface area contributed by atoms with Crippen LogP contribution in [0.4, 0.5) is 4.79 Å². The van der Waals surface area contributed by atoms with Gasteiger partial charge >= 0.3 is 6.03 Å². The first-order chi connectivity index (χ1) is 22.6. The number of hydrogen-bond acceptors (Lipinski definition) is 7. The van der Waals surface area contributed by atoms with Crippen molar-refractivity contribution in [3.63, 3.8) is 0 Å². The molecule has 6 amide bonds. The molecule has 8 N–H and O–H groups in total. The summed E-state index contributed by atoms with van der Waals surface area (Å²) in [7, 11) is 0. The van der Waals surface area contributed by atoms with Gasteiger partial charge in [-0.1, -0.05) is 98.1 Å². The Morgan fingerprint density at radius 1 is 0.898 bits per heavy atom. The fourth-order valence-corrected chi connectivity index (χ4v) is 5.07. The summed E-state index contributed by atoms with van der Waals surface area (Å²) in [6.45, 7) is 18.8. The SMILES string of the molecule is CC(C)C.CC(NC(=O)C1C(N)CCN1C(=O)C(NC(=O)NCC(=O)NC(C)(C)c1ccccc1)C(C)(C)C)C(=O)C(N)=O.CC1CCC1. The van der Waals surface area contributed by atoms with Crippen molar-refractivity contribution in [1.29, 1.82) is 0 Å². The van der Waals surface area contributed by atoms with Crippen molar-refractivity contribution >= 4 is 35.4 Å². The van der Waals surface area contributed by atoms with Crippen molar-refractivity contribution in [2.75, 3.05) is 13.1 Å². The maximum atomic E-state index is 13.6. The van der Waals surface area contributed by atoms with Crippen LogP contribution in [0.1, 0.15) is 100 Å². The van der Waals surface area contributed by atoms with Crippen LogP contribution in [0.25, 0.3) is 0 Å². The van der Waals surface area contributed by atoms with Gasteiger partial charge in [-0.2, -0.15) is 0 Å². The molecule has 276 valence electrons. The number of benzene rings is 1. The van der Waals surface area contributed by atoms with Gasteiger partial charge in [-0.3, -0.25) is 24.0 Å². The van der Waals surface area contributed by atoms with Gasteiger partial charge in [0.1, 0.15) is 12.1 Å². The van der Waals surface area contributed by atoms with Gasteiger partial charge < -0.3 is 37.6 Å². The van der Waals surface area contributed by atoms with E-state index < -0.39 is 70.6 Å². The molecular weight excluding hydrogens is 626 g/mol. The van der Waals surface area contributed by atoms with Crippen LogP contribution >= 0.6 is 0 Å². The highest BCUT2D eigenvalue weighted by atomic mass is 16.2. The highest BCUT2D eigenvalue weighted by Crippen LogP contribution is 2.26. The van der Waals surface area contributed by atoms with E-state index >= 15 is 0 Å². The molecule has 3 rings (SSSR count). The number of hydrogen-bond donors (Lipinski definition) is 6. The van der Waals surface area contributed by atoms with E-state index in [1.165, 1.54) is 31.1 Å². The average molecular weight is 688 g/mol. The molecule has 1 saturated heterocycles. The van der Waals surface area contributed by atoms with Gasteiger partial charge in [0.25, 0.3) is 5.91 Å². The largest absolute Gasteiger partial charge is 0.363 e. The van der Waals surface area contributed by atoms with Gasteiger partial charge in [0.15, 0.2) is 0 Å². The lowest BCUT2D eigenvalue weighted by Gasteiger charge is -2.36. The molecular formula is C36H61N7O6. The second kappa shape index (κ2) is 19.3. The molecule has 1 heterocycles. The van der Waals surface area contributed by atoms with E-state index in [0.29, 0.717) is 6.42 Å². The Kier molecular flexibility index (Phi) is 16.9. The van der Waals surface area contributed by atoms with Gasteiger partial charge in [0, 0.05) is 12.6 Å². The Morgan fingerprint density at radius 2 is 1.43 bits per heavy atom. The van der Waals surface area contributed by atoms with Gasteiger partial charge in [-0.05, 0) is 50.0 Å². The highest BCUT2D eigenvalue weighted by molar-refractivity contribution is 6.37. The molecule has 2 aliphatic rings. The molecule has 13 heteroatoms. The van der Waals surface area contributed by atoms with Gasteiger partial charge in [0.2, 0.25) is 23.5 Å². The van der Waals surface area contributed by atoms with Crippen molar-refractivity contribution < 1.29 is 28.8 Å². The number of nitrogens with one attached hydrogen (secondary N) is 4. The topological polar surface area (TPSA) is 206 Å². The molecule has 4 atom stereocenters. The fraction of sp³-hybridized carbons (Fsp3) is 0.667. The number of nitrogens with two attached hydrogens (primary N) is 2. The average Bonchev–Trinajstić information content (AvgIpc) is 3.38. The van der Waals surface area contributed by atoms with Crippen LogP contribution in [-0.4, -0.2) is 77.6 Å². The van der Waals surface area contributed by atoms with Crippen LogP contribution in [0, 0.1) is 17.3 Å². The predicted molar refractivity (Wildman–Crippen MR) is 191 cm³/mol. The minimum atomic E-state index is -1.20. The third-order valence-corrected chi connectivity index (χ3v) is 8.13.